The summed E-state index contributed by atoms with van der Waals surface area (Å²) < 4.78 is 6.00. The van der Waals surface area contributed by atoms with Crippen molar-refractivity contribution in [2.75, 3.05) is 6.61 Å². The highest BCUT2D eigenvalue weighted by Crippen LogP contribution is 1.99. The molecule has 6 heteroatoms. The van der Waals surface area contributed by atoms with Crippen molar-refractivity contribution in [3.8, 4) is 0 Å². The van der Waals surface area contributed by atoms with Crippen LogP contribution in [0.2, 0.25) is 0 Å². The zero-order valence-corrected chi connectivity index (χ0v) is 8.01. The number of unbranched alkanes of at least 4 members (excludes halogenated alkanes) is 1. The third-order valence-corrected chi connectivity index (χ3v) is 1.69. The van der Waals surface area contributed by atoms with Crippen molar-refractivity contribution < 1.29 is 14.6 Å². The minimum absolute atomic E-state index is 0.170. The molecule has 1 N–H and O–H groups in total. The number of hydrogen-bond donors (Lipinski definition) is 1. The molecule has 1 aromatic rings. The third-order valence-electron chi connectivity index (χ3n) is 1.69. The molecule has 14 heavy (non-hydrogen) atoms. The Labute approximate surface area is 81.5 Å². The van der Waals surface area contributed by atoms with Crippen molar-refractivity contribution in [3.05, 3.63) is 11.9 Å². The van der Waals surface area contributed by atoms with E-state index in [2.05, 4.69) is 10.3 Å². The molecule has 1 aromatic heterocycles. The summed E-state index contributed by atoms with van der Waals surface area (Å²) in [5, 5.41) is 15.8. The van der Waals surface area contributed by atoms with E-state index in [9.17, 15) is 4.79 Å². The maximum absolute atomic E-state index is 11.3. The zero-order chi connectivity index (χ0) is 10.4. The molecular weight excluding hydrogens is 186 g/mol. The van der Waals surface area contributed by atoms with Gasteiger partial charge in [-0.1, -0.05) is 18.6 Å². The highest BCUT2D eigenvalue weighted by atomic mass is 16.5. The van der Waals surface area contributed by atoms with Gasteiger partial charge in [0.2, 0.25) is 0 Å². The molecule has 0 radical (unpaired) electrons. The van der Waals surface area contributed by atoms with Gasteiger partial charge < -0.3 is 9.84 Å². The Kier molecular flexibility index (Phi) is 4.06. The van der Waals surface area contributed by atoms with Crippen LogP contribution in [0.3, 0.4) is 0 Å². The molecule has 0 fully saturated rings. The monoisotopic (exact) mass is 199 g/mol. The van der Waals surface area contributed by atoms with Gasteiger partial charge in [-0.3, -0.25) is 0 Å². The van der Waals surface area contributed by atoms with Gasteiger partial charge in [0.25, 0.3) is 0 Å². The topological polar surface area (TPSA) is 77.2 Å². The van der Waals surface area contributed by atoms with Gasteiger partial charge in [-0.05, 0) is 6.42 Å². The van der Waals surface area contributed by atoms with E-state index in [1.807, 2.05) is 6.92 Å². The number of aliphatic hydroxyl groups excluding tert-OH is 1. The van der Waals surface area contributed by atoms with Gasteiger partial charge in [0, 0.05) is 0 Å². The Bertz CT molecular complexity index is 298. The summed E-state index contributed by atoms with van der Waals surface area (Å²) in [4.78, 5) is 11.3. The molecule has 78 valence electrons. The van der Waals surface area contributed by atoms with Crippen LogP contribution in [0.1, 0.15) is 30.3 Å². The van der Waals surface area contributed by atoms with Crippen molar-refractivity contribution in [3.63, 3.8) is 0 Å². The van der Waals surface area contributed by atoms with Gasteiger partial charge in [-0.25, -0.2) is 9.48 Å². The number of nitrogens with zero attached hydrogens (tertiary/aromatic N) is 3. The van der Waals surface area contributed by atoms with Crippen LogP contribution in [0.5, 0.6) is 0 Å². The maximum atomic E-state index is 11.3. The van der Waals surface area contributed by atoms with Gasteiger partial charge in [0.1, 0.15) is 6.73 Å². The molecule has 0 unspecified atom stereocenters. The second-order valence-corrected chi connectivity index (χ2v) is 2.75. The van der Waals surface area contributed by atoms with E-state index in [1.54, 1.807) is 0 Å². The summed E-state index contributed by atoms with van der Waals surface area (Å²) in [5.74, 6) is -0.502. The number of aromatic nitrogens is 3. The lowest BCUT2D eigenvalue weighted by Crippen LogP contribution is -2.13. The van der Waals surface area contributed by atoms with Crippen LogP contribution in [-0.4, -0.2) is 32.7 Å². The van der Waals surface area contributed by atoms with E-state index in [0.29, 0.717) is 6.61 Å². The lowest BCUT2D eigenvalue weighted by Gasteiger charge is -2.03. The van der Waals surface area contributed by atoms with E-state index in [-0.39, 0.29) is 12.4 Å². The van der Waals surface area contributed by atoms with Crippen molar-refractivity contribution in [2.24, 2.45) is 0 Å². The predicted octanol–water partition coefficient (Wildman–Crippen LogP) is 0.185. The lowest BCUT2D eigenvalue weighted by molar-refractivity contribution is 0.0472. The van der Waals surface area contributed by atoms with E-state index in [0.717, 1.165) is 17.5 Å². The first kappa shape index (κ1) is 10.6. The van der Waals surface area contributed by atoms with Gasteiger partial charge in [-0.2, -0.15) is 0 Å². The average Bonchev–Trinajstić information content (AvgIpc) is 2.65. The first-order chi connectivity index (χ1) is 6.79. The quantitative estimate of drug-likeness (QED) is 0.541. The molecule has 0 amide bonds. The van der Waals surface area contributed by atoms with E-state index in [1.165, 1.54) is 6.20 Å². The standard InChI is InChI=1S/C8H13N3O3/c1-2-3-4-14-8(13)7-5-9-10-11(7)6-12/h5,12H,2-4,6H2,1H3. The zero-order valence-electron chi connectivity index (χ0n) is 8.01. The molecule has 0 saturated heterocycles. The normalized spacial score (nSPS) is 10.1. The van der Waals surface area contributed by atoms with Crippen LogP contribution < -0.4 is 0 Å². The predicted molar refractivity (Wildman–Crippen MR) is 47.4 cm³/mol. The lowest BCUT2D eigenvalue weighted by atomic mass is 10.4. The fraction of sp³-hybridized carbons (Fsp3) is 0.625. The van der Waals surface area contributed by atoms with Crippen LogP contribution in [0.15, 0.2) is 6.20 Å². The first-order valence-electron chi connectivity index (χ1n) is 4.46. The van der Waals surface area contributed by atoms with Crippen LogP contribution >= 0.6 is 0 Å². The molecule has 0 aliphatic rings. The molecule has 1 rings (SSSR count). The number of carbonyl (C=O) groups is 1. The fourth-order valence-electron chi connectivity index (χ4n) is 0.903. The van der Waals surface area contributed by atoms with Gasteiger partial charge in [0.15, 0.2) is 5.69 Å². The highest BCUT2D eigenvalue weighted by molar-refractivity contribution is 5.86. The summed E-state index contributed by atoms with van der Waals surface area (Å²) >= 11 is 0. The Morgan fingerprint density at radius 3 is 3.14 bits per heavy atom. The number of esters is 1. The molecule has 0 saturated carbocycles. The largest absolute Gasteiger partial charge is 0.461 e. The Morgan fingerprint density at radius 2 is 2.50 bits per heavy atom. The van der Waals surface area contributed by atoms with Gasteiger partial charge in [0.05, 0.1) is 12.8 Å². The number of hydrogen-bond acceptors (Lipinski definition) is 5. The minimum atomic E-state index is -0.502. The number of rotatable bonds is 5. The molecule has 0 aliphatic heterocycles. The van der Waals surface area contributed by atoms with E-state index < -0.39 is 5.97 Å². The summed E-state index contributed by atoms with van der Waals surface area (Å²) in [7, 11) is 0. The Morgan fingerprint density at radius 1 is 1.71 bits per heavy atom. The maximum Gasteiger partial charge on any atom is 0.358 e. The average molecular weight is 199 g/mol. The molecule has 0 aromatic carbocycles. The van der Waals surface area contributed by atoms with Crippen molar-refractivity contribution in [2.45, 2.75) is 26.5 Å². The highest BCUT2D eigenvalue weighted by Gasteiger charge is 2.13. The number of aliphatic hydroxyl groups is 1. The van der Waals surface area contributed by atoms with Crippen LogP contribution in [0.4, 0.5) is 0 Å². The molecule has 6 nitrogen and oxygen atoms in total. The Balaban J connectivity index is 2.51. The molecule has 0 bridgehead atoms. The molecule has 0 aliphatic carbocycles. The van der Waals surface area contributed by atoms with Crippen molar-refractivity contribution in [1.29, 1.82) is 0 Å². The second kappa shape index (κ2) is 5.33. The van der Waals surface area contributed by atoms with Crippen LogP contribution in [-0.2, 0) is 11.5 Å². The number of ether oxygens (including phenoxy) is 1. The van der Waals surface area contributed by atoms with E-state index >= 15 is 0 Å². The Hall–Kier alpha value is -1.43. The summed E-state index contributed by atoms with van der Waals surface area (Å²) in [6.45, 7) is 2.01. The fourth-order valence-corrected chi connectivity index (χ4v) is 0.903. The molecule has 1 heterocycles. The van der Waals surface area contributed by atoms with E-state index in [4.69, 9.17) is 9.84 Å². The third kappa shape index (κ3) is 2.53. The number of carbonyl (C=O) groups excluding carboxylic acids is 1. The summed E-state index contributed by atoms with van der Waals surface area (Å²) in [5.41, 5.74) is 0.170. The van der Waals surface area contributed by atoms with Crippen molar-refractivity contribution in [1.82, 2.24) is 15.0 Å². The van der Waals surface area contributed by atoms with Crippen molar-refractivity contribution >= 4 is 5.97 Å². The molecular formula is C8H13N3O3. The van der Waals surface area contributed by atoms with Crippen LogP contribution in [0, 0.1) is 0 Å². The second-order valence-electron chi connectivity index (χ2n) is 2.75. The molecule has 0 atom stereocenters. The van der Waals surface area contributed by atoms with Gasteiger partial charge in [-0.15, -0.1) is 5.10 Å². The molecule has 0 spiro atoms. The summed E-state index contributed by atoms with van der Waals surface area (Å²) in [6, 6.07) is 0. The first-order valence-corrected chi connectivity index (χ1v) is 4.46. The van der Waals surface area contributed by atoms with Gasteiger partial charge >= 0.3 is 5.97 Å². The van der Waals surface area contributed by atoms with Crippen LogP contribution in [0.25, 0.3) is 0 Å². The SMILES string of the molecule is CCCCOC(=O)c1cnnn1CO. The smallest absolute Gasteiger partial charge is 0.358 e. The summed E-state index contributed by atoms with van der Waals surface area (Å²) in [6.07, 6.45) is 3.06. The minimum Gasteiger partial charge on any atom is -0.461 e.